The van der Waals surface area contributed by atoms with Crippen LogP contribution in [0.4, 0.5) is 19.4 Å². The number of hydrogen-bond donors (Lipinski definition) is 0. The van der Waals surface area contributed by atoms with Gasteiger partial charge in [0.2, 0.25) is 5.88 Å². The third-order valence-electron chi connectivity index (χ3n) is 12.2. The predicted molar refractivity (Wildman–Crippen MR) is 209 cm³/mol. The number of nitrogens with zero attached hydrogens (tertiary/aromatic N) is 6. The van der Waals surface area contributed by atoms with Crippen LogP contribution < -0.4 is 19.1 Å². The highest BCUT2D eigenvalue weighted by molar-refractivity contribution is 6.04. The summed E-state index contributed by atoms with van der Waals surface area (Å²) in [5.74, 6) is 3.48. The number of benzene rings is 2. The molecule has 2 unspecified atom stereocenters. The first-order valence-electron chi connectivity index (χ1n) is 19.8. The largest absolute Gasteiger partial charge is 0.480 e. The number of carbonyl (C=O) groups excluding carboxylic acids is 1. The Hall–Kier alpha value is -5.00. The van der Waals surface area contributed by atoms with Crippen LogP contribution in [0.2, 0.25) is 0 Å². The molecule has 4 aromatic rings. The molecule has 3 saturated heterocycles. The number of likely N-dealkylation sites (tertiary alicyclic amines) is 1. The maximum atomic E-state index is 17.6. The van der Waals surface area contributed by atoms with Gasteiger partial charge in [0.05, 0.1) is 31.4 Å². The van der Waals surface area contributed by atoms with E-state index in [1.165, 1.54) is 26.7 Å². The number of fused-ring (bicyclic) bond motifs is 5. The number of piperidine rings is 1. The Morgan fingerprint density at radius 2 is 1.72 bits per heavy atom. The fourth-order valence-corrected chi connectivity index (χ4v) is 9.20. The maximum absolute atomic E-state index is 17.6. The molecule has 9 rings (SSSR count). The highest BCUT2D eigenvalue weighted by Gasteiger charge is 2.51. The van der Waals surface area contributed by atoms with Gasteiger partial charge in [-0.25, -0.2) is 18.6 Å². The summed E-state index contributed by atoms with van der Waals surface area (Å²) in [6, 6.07) is 5.79. The van der Waals surface area contributed by atoms with Crippen LogP contribution in [0.3, 0.4) is 0 Å². The zero-order chi connectivity index (χ0) is 39.8. The Labute approximate surface area is 330 Å². The van der Waals surface area contributed by atoms with Crippen molar-refractivity contribution in [2.75, 3.05) is 65.2 Å². The predicted octanol–water partition coefficient (Wildman–Crippen LogP) is 6.79. The number of piperazine rings is 1. The van der Waals surface area contributed by atoms with E-state index in [0.29, 0.717) is 36.6 Å². The molecule has 57 heavy (non-hydrogen) atoms. The molecule has 1 amide bonds. The molecule has 0 N–H and O–H groups in total. The van der Waals surface area contributed by atoms with Crippen molar-refractivity contribution < 1.29 is 37.3 Å². The summed E-state index contributed by atoms with van der Waals surface area (Å²) in [5.41, 5.74) is -0.736. The molecule has 0 radical (unpaired) electrons. The fraction of sp³-hybridized carbons (Fsp3) is 0.535. The third kappa shape index (κ3) is 7.03. The zero-order valence-corrected chi connectivity index (χ0v) is 33.1. The molecule has 5 fully saturated rings. The third-order valence-corrected chi connectivity index (χ3v) is 12.2. The van der Waals surface area contributed by atoms with Crippen molar-refractivity contribution in [1.29, 1.82) is 0 Å². The van der Waals surface area contributed by atoms with Crippen molar-refractivity contribution >= 4 is 33.6 Å². The number of aromatic nitrogens is 3. The fourth-order valence-electron chi connectivity index (χ4n) is 9.20. The number of pyridine rings is 1. The van der Waals surface area contributed by atoms with E-state index in [2.05, 4.69) is 10.8 Å². The van der Waals surface area contributed by atoms with Crippen molar-refractivity contribution in [3.63, 3.8) is 0 Å². The Kier molecular flexibility index (Phi) is 9.31. The molecule has 2 bridgehead atoms. The Morgan fingerprint density at radius 3 is 2.37 bits per heavy atom. The van der Waals surface area contributed by atoms with Gasteiger partial charge in [-0.1, -0.05) is 12.0 Å². The molecule has 4 atom stereocenters. The van der Waals surface area contributed by atoms with E-state index >= 15 is 8.78 Å². The van der Waals surface area contributed by atoms with Gasteiger partial charge in [0.25, 0.3) is 0 Å². The van der Waals surface area contributed by atoms with Crippen molar-refractivity contribution in [3.05, 3.63) is 41.5 Å². The molecule has 14 heteroatoms. The summed E-state index contributed by atoms with van der Waals surface area (Å²) < 4.78 is 61.9. The van der Waals surface area contributed by atoms with Gasteiger partial charge in [0.15, 0.2) is 12.6 Å². The molecule has 2 saturated carbocycles. The van der Waals surface area contributed by atoms with Crippen molar-refractivity contribution in [2.24, 2.45) is 17.3 Å². The molecule has 12 nitrogen and oxygen atoms in total. The quantitative estimate of drug-likeness (QED) is 0.118. The first kappa shape index (κ1) is 37.6. The minimum Gasteiger partial charge on any atom is -0.480 e. The number of anilines is 1. The lowest BCUT2D eigenvalue weighted by molar-refractivity contribution is 0.0122. The minimum absolute atomic E-state index is 0.00962. The van der Waals surface area contributed by atoms with E-state index in [1.807, 2.05) is 30.6 Å². The van der Waals surface area contributed by atoms with E-state index in [0.717, 1.165) is 57.2 Å². The Balaban J connectivity index is 1.16. The van der Waals surface area contributed by atoms with Crippen LogP contribution in [-0.4, -0.2) is 109 Å². The monoisotopic (exact) mass is 782 g/mol. The first-order valence-corrected chi connectivity index (χ1v) is 19.8. The lowest BCUT2D eigenvalue weighted by Crippen LogP contribution is -2.57. The van der Waals surface area contributed by atoms with Gasteiger partial charge in [-0.3, -0.25) is 4.90 Å². The number of hydrogen-bond acceptors (Lipinski definition) is 11. The molecule has 3 aliphatic heterocycles. The highest BCUT2D eigenvalue weighted by atomic mass is 19.1. The molecule has 0 spiro atoms. The molecule has 5 heterocycles. The molecule has 2 aromatic carbocycles. The van der Waals surface area contributed by atoms with Crippen LogP contribution in [-0.2, 0) is 9.47 Å². The number of ether oxygens (including phenoxy) is 5. The maximum Gasteiger partial charge on any atom is 0.410 e. The van der Waals surface area contributed by atoms with Gasteiger partial charge < -0.3 is 33.5 Å². The molecular weight excluding hydrogens is 735 g/mol. The van der Waals surface area contributed by atoms with Gasteiger partial charge in [-0.2, -0.15) is 9.97 Å². The van der Waals surface area contributed by atoms with E-state index in [4.69, 9.17) is 45.1 Å². The second-order valence-electron chi connectivity index (χ2n) is 17.4. The van der Waals surface area contributed by atoms with Crippen molar-refractivity contribution in [3.8, 4) is 41.2 Å². The van der Waals surface area contributed by atoms with Crippen LogP contribution in [0, 0.1) is 41.2 Å². The van der Waals surface area contributed by atoms with Crippen LogP contribution in [0.5, 0.6) is 17.6 Å². The van der Waals surface area contributed by atoms with Crippen LogP contribution in [0.15, 0.2) is 24.3 Å². The summed E-state index contributed by atoms with van der Waals surface area (Å²) in [6.45, 7) is 9.95. The SMILES string of the molecule is C#Cc1c(F)ccc2cc(OCOC)cc(-c3nc(OC)c4c(N5C[C@H]6CC[C@@H](C5)N6C(=O)OC(C)(C)C)nc(OCC5(CN6CC7CC7C6)CC5)nc4c3F)c12. The van der Waals surface area contributed by atoms with Crippen LogP contribution in [0.1, 0.15) is 58.4 Å². The number of carbonyl (C=O) groups is 1. The Morgan fingerprint density at radius 1 is 0.982 bits per heavy atom. The van der Waals surface area contributed by atoms with E-state index < -0.39 is 17.2 Å². The summed E-state index contributed by atoms with van der Waals surface area (Å²) in [7, 11) is 2.94. The second-order valence-corrected chi connectivity index (χ2v) is 17.4. The van der Waals surface area contributed by atoms with Gasteiger partial charge in [0.1, 0.15) is 39.6 Å². The van der Waals surface area contributed by atoms with Gasteiger partial charge in [-0.15, -0.1) is 6.42 Å². The van der Waals surface area contributed by atoms with E-state index in [9.17, 15) is 4.79 Å². The van der Waals surface area contributed by atoms with Gasteiger partial charge in [0, 0.05) is 56.2 Å². The molecule has 300 valence electrons. The highest BCUT2D eigenvalue weighted by Crippen LogP contribution is 2.51. The summed E-state index contributed by atoms with van der Waals surface area (Å²) in [6.07, 6.45) is 10.5. The molecule has 5 aliphatic rings. The molecule has 2 aliphatic carbocycles. The number of terminal acetylenes is 1. The minimum atomic E-state index is -0.787. The molecule has 2 aromatic heterocycles. The summed E-state index contributed by atoms with van der Waals surface area (Å²) in [4.78, 5) is 34.3. The smallest absolute Gasteiger partial charge is 0.410 e. The number of rotatable bonds is 11. The Bertz CT molecular complexity index is 2280. The first-order chi connectivity index (χ1) is 27.4. The molecular formula is C43H48F2N6O6. The average Bonchev–Trinajstić information content (AvgIpc) is 4.06. The topological polar surface area (TPSA) is 112 Å². The number of halogens is 2. The van der Waals surface area contributed by atoms with Crippen LogP contribution in [0.25, 0.3) is 32.9 Å². The van der Waals surface area contributed by atoms with Crippen LogP contribution >= 0.6 is 0 Å². The van der Waals surface area contributed by atoms with Crippen molar-refractivity contribution in [2.45, 2.75) is 70.6 Å². The van der Waals surface area contributed by atoms with E-state index in [-0.39, 0.29) is 75.4 Å². The summed E-state index contributed by atoms with van der Waals surface area (Å²) in [5, 5.41) is 1.06. The van der Waals surface area contributed by atoms with E-state index in [1.54, 1.807) is 18.2 Å². The van der Waals surface area contributed by atoms with Gasteiger partial charge in [-0.05, 0) is 88.3 Å². The summed E-state index contributed by atoms with van der Waals surface area (Å²) >= 11 is 0. The lowest BCUT2D eigenvalue weighted by atomic mass is 9.95. The number of methoxy groups -OCH3 is 2. The lowest BCUT2D eigenvalue weighted by Gasteiger charge is -2.42. The standard InChI is InChI=1S/C43H48F2N6O6/c1-7-30-32(44)11-8-24-15-29(56-23-53-5)16-31(33(24)30)36-35(45)37-34(39(46-36)54-6)38(50-19-27-9-10-28(20-50)51(27)41(52)57-42(2,3)4)48-40(47-37)55-22-43(12-13-43)21-49-17-25-14-26(25)18-49/h1,8,11,15-16,25-28H,9-10,12-14,17-23H2,2-6H3/t25?,26?,27-,28+. The average molecular weight is 783 g/mol. The normalized spacial score (nSPS) is 23.4. The second kappa shape index (κ2) is 14.1. The van der Waals surface area contributed by atoms with Gasteiger partial charge >= 0.3 is 12.1 Å². The number of amides is 1. The zero-order valence-electron chi connectivity index (χ0n) is 33.1. The van der Waals surface area contributed by atoms with Crippen molar-refractivity contribution in [1.82, 2.24) is 24.8 Å².